The maximum absolute atomic E-state index is 12.1. The summed E-state index contributed by atoms with van der Waals surface area (Å²) in [6.07, 6.45) is 0.703. The number of rotatable bonds is 10. The number of sulfonamides is 1. The fourth-order valence-electron chi connectivity index (χ4n) is 1.97. The molecule has 1 unspecified atom stereocenters. The molecular formula is C15H26N2O3S. The summed E-state index contributed by atoms with van der Waals surface area (Å²) in [5.74, 6) is -0.00526. The van der Waals surface area contributed by atoms with E-state index in [-0.39, 0.29) is 11.8 Å². The zero-order valence-corrected chi connectivity index (χ0v) is 13.9. The third-order valence-corrected chi connectivity index (χ3v) is 4.57. The maximum Gasteiger partial charge on any atom is 0.216 e. The summed E-state index contributed by atoms with van der Waals surface area (Å²) >= 11 is 0. The van der Waals surface area contributed by atoms with Gasteiger partial charge in [-0.3, -0.25) is 0 Å². The zero-order valence-electron chi connectivity index (χ0n) is 13.1. The minimum atomic E-state index is -3.34. The summed E-state index contributed by atoms with van der Waals surface area (Å²) < 4.78 is 31.9. The molecule has 0 aliphatic rings. The summed E-state index contributed by atoms with van der Waals surface area (Å²) in [5, 5.41) is 3.24. The molecule has 0 bridgehead atoms. The van der Waals surface area contributed by atoms with Gasteiger partial charge in [0.05, 0.1) is 12.4 Å². The van der Waals surface area contributed by atoms with Crippen LogP contribution in [0.1, 0.15) is 31.4 Å². The standard InChI is InChI=1S/C15H26N2O3S/c1-4-15(11-20-3)17-21(18,19)12-14-8-6-13(7-9-14)10-16-5-2/h6-9,15-17H,4-5,10-12H2,1-3H3. The van der Waals surface area contributed by atoms with Crippen molar-refractivity contribution in [1.82, 2.24) is 10.0 Å². The van der Waals surface area contributed by atoms with Gasteiger partial charge in [-0.15, -0.1) is 0 Å². The molecule has 0 heterocycles. The highest BCUT2D eigenvalue weighted by atomic mass is 32.2. The Balaban J connectivity index is 2.62. The van der Waals surface area contributed by atoms with Gasteiger partial charge in [0.15, 0.2) is 0 Å². The lowest BCUT2D eigenvalue weighted by Crippen LogP contribution is -2.38. The number of benzene rings is 1. The largest absolute Gasteiger partial charge is 0.383 e. The Hall–Kier alpha value is -0.950. The van der Waals surface area contributed by atoms with Gasteiger partial charge in [-0.2, -0.15) is 0 Å². The molecule has 1 rings (SSSR count). The molecule has 1 aromatic rings. The summed E-state index contributed by atoms with van der Waals surface area (Å²) in [7, 11) is -1.77. The molecule has 0 radical (unpaired) electrons. The van der Waals surface area contributed by atoms with E-state index in [4.69, 9.17) is 4.74 Å². The van der Waals surface area contributed by atoms with Crippen molar-refractivity contribution < 1.29 is 13.2 Å². The number of hydrogen-bond acceptors (Lipinski definition) is 4. The van der Waals surface area contributed by atoms with Crippen molar-refractivity contribution in [2.75, 3.05) is 20.3 Å². The first kappa shape index (κ1) is 18.1. The predicted molar refractivity (Wildman–Crippen MR) is 85.5 cm³/mol. The third-order valence-electron chi connectivity index (χ3n) is 3.17. The summed E-state index contributed by atoms with van der Waals surface area (Å²) in [4.78, 5) is 0. The van der Waals surface area contributed by atoms with Gasteiger partial charge in [0.1, 0.15) is 0 Å². The van der Waals surface area contributed by atoms with Crippen LogP contribution in [0.5, 0.6) is 0 Å². The summed E-state index contributed by atoms with van der Waals surface area (Å²) in [5.41, 5.74) is 1.94. The molecule has 1 aromatic carbocycles. The molecule has 0 saturated heterocycles. The van der Waals surface area contributed by atoms with Gasteiger partial charge >= 0.3 is 0 Å². The van der Waals surface area contributed by atoms with Crippen LogP contribution in [0.2, 0.25) is 0 Å². The molecular weight excluding hydrogens is 288 g/mol. The third kappa shape index (κ3) is 7.04. The first-order chi connectivity index (χ1) is 10.0. The van der Waals surface area contributed by atoms with Crippen LogP contribution in [-0.4, -0.2) is 34.7 Å². The van der Waals surface area contributed by atoms with Crippen molar-refractivity contribution in [3.63, 3.8) is 0 Å². The number of nitrogens with one attached hydrogen (secondary N) is 2. The molecule has 6 heteroatoms. The molecule has 5 nitrogen and oxygen atoms in total. The SMILES string of the molecule is CCNCc1ccc(CS(=O)(=O)NC(CC)COC)cc1. The Morgan fingerprint density at radius 1 is 1.14 bits per heavy atom. The van der Waals surface area contributed by atoms with E-state index in [1.807, 2.05) is 31.2 Å². The molecule has 0 aliphatic heterocycles. The van der Waals surface area contributed by atoms with Crippen molar-refractivity contribution in [1.29, 1.82) is 0 Å². The lowest BCUT2D eigenvalue weighted by Gasteiger charge is -2.16. The Kier molecular flexibility index (Phi) is 7.88. The van der Waals surface area contributed by atoms with Crippen molar-refractivity contribution in [3.05, 3.63) is 35.4 Å². The molecule has 0 aromatic heterocycles. The summed E-state index contributed by atoms with van der Waals surface area (Å²) in [6, 6.07) is 7.47. The first-order valence-electron chi connectivity index (χ1n) is 7.28. The van der Waals surface area contributed by atoms with Gasteiger partial charge in [-0.25, -0.2) is 13.1 Å². The Bertz CT molecular complexity index is 500. The second-order valence-corrected chi connectivity index (χ2v) is 6.79. The van der Waals surface area contributed by atoms with E-state index in [0.717, 1.165) is 24.2 Å². The van der Waals surface area contributed by atoms with Crippen LogP contribution >= 0.6 is 0 Å². The zero-order chi connectivity index (χ0) is 15.7. The molecule has 1 atom stereocenters. The van der Waals surface area contributed by atoms with Crippen LogP contribution in [0.3, 0.4) is 0 Å². The Morgan fingerprint density at radius 2 is 1.76 bits per heavy atom. The van der Waals surface area contributed by atoms with Gasteiger partial charge in [0, 0.05) is 19.7 Å². The average Bonchev–Trinajstić information content (AvgIpc) is 2.45. The van der Waals surface area contributed by atoms with Crippen LogP contribution in [0.4, 0.5) is 0 Å². The highest BCUT2D eigenvalue weighted by Gasteiger charge is 2.17. The van der Waals surface area contributed by atoms with Crippen LogP contribution in [0.15, 0.2) is 24.3 Å². The van der Waals surface area contributed by atoms with Gasteiger partial charge < -0.3 is 10.1 Å². The second kappa shape index (κ2) is 9.15. The van der Waals surface area contributed by atoms with E-state index in [0.29, 0.717) is 13.0 Å². The first-order valence-corrected chi connectivity index (χ1v) is 8.93. The predicted octanol–water partition coefficient (Wildman–Crippen LogP) is 1.64. The molecule has 0 saturated carbocycles. The van der Waals surface area contributed by atoms with E-state index < -0.39 is 10.0 Å². The van der Waals surface area contributed by atoms with Gasteiger partial charge in [-0.05, 0) is 24.1 Å². The van der Waals surface area contributed by atoms with E-state index >= 15 is 0 Å². The molecule has 0 spiro atoms. The number of ether oxygens (including phenoxy) is 1. The van der Waals surface area contributed by atoms with E-state index in [1.165, 1.54) is 0 Å². The minimum absolute atomic E-state index is 0.00526. The average molecular weight is 314 g/mol. The molecule has 21 heavy (non-hydrogen) atoms. The highest BCUT2D eigenvalue weighted by molar-refractivity contribution is 7.88. The molecule has 0 fully saturated rings. The lowest BCUT2D eigenvalue weighted by molar-refractivity contribution is 0.173. The fourth-order valence-corrected chi connectivity index (χ4v) is 3.43. The Morgan fingerprint density at radius 3 is 2.29 bits per heavy atom. The van der Waals surface area contributed by atoms with Crippen LogP contribution in [0.25, 0.3) is 0 Å². The fraction of sp³-hybridized carbons (Fsp3) is 0.600. The topological polar surface area (TPSA) is 67.4 Å². The molecule has 0 aliphatic carbocycles. The number of methoxy groups -OCH3 is 1. The van der Waals surface area contributed by atoms with Crippen molar-refractivity contribution >= 4 is 10.0 Å². The normalized spacial score (nSPS) is 13.3. The van der Waals surface area contributed by atoms with E-state index in [9.17, 15) is 8.42 Å². The van der Waals surface area contributed by atoms with E-state index in [2.05, 4.69) is 17.0 Å². The van der Waals surface area contributed by atoms with Gasteiger partial charge in [-0.1, -0.05) is 38.1 Å². The smallest absolute Gasteiger partial charge is 0.216 e. The van der Waals surface area contributed by atoms with E-state index in [1.54, 1.807) is 7.11 Å². The minimum Gasteiger partial charge on any atom is -0.383 e. The van der Waals surface area contributed by atoms with Crippen molar-refractivity contribution in [2.24, 2.45) is 0 Å². The van der Waals surface area contributed by atoms with Gasteiger partial charge in [0.25, 0.3) is 0 Å². The van der Waals surface area contributed by atoms with Crippen molar-refractivity contribution in [2.45, 2.75) is 38.6 Å². The molecule has 120 valence electrons. The number of hydrogen-bond donors (Lipinski definition) is 2. The second-order valence-electron chi connectivity index (χ2n) is 5.03. The van der Waals surface area contributed by atoms with Crippen LogP contribution in [-0.2, 0) is 27.1 Å². The van der Waals surface area contributed by atoms with Crippen LogP contribution in [0, 0.1) is 0 Å². The highest BCUT2D eigenvalue weighted by Crippen LogP contribution is 2.09. The maximum atomic E-state index is 12.1. The monoisotopic (exact) mass is 314 g/mol. The molecule has 2 N–H and O–H groups in total. The van der Waals surface area contributed by atoms with Crippen LogP contribution < -0.4 is 10.0 Å². The lowest BCUT2D eigenvalue weighted by atomic mass is 10.1. The molecule has 0 amide bonds. The summed E-state index contributed by atoms with van der Waals surface area (Å²) in [6.45, 7) is 6.08. The van der Waals surface area contributed by atoms with Gasteiger partial charge in [0.2, 0.25) is 10.0 Å². The quantitative estimate of drug-likeness (QED) is 0.689. The van der Waals surface area contributed by atoms with Crippen molar-refractivity contribution in [3.8, 4) is 0 Å². The Labute approximate surface area is 128 Å².